The van der Waals surface area contributed by atoms with Crippen LogP contribution in [-0.2, 0) is 4.79 Å². The first kappa shape index (κ1) is 9.79. The summed E-state index contributed by atoms with van der Waals surface area (Å²) < 4.78 is 0. The first-order valence-electron chi connectivity index (χ1n) is 4.03. The van der Waals surface area contributed by atoms with Crippen LogP contribution in [-0.4, -0.2) is 47.2 Å². The van der Waals surface area contributed by atoms with E-state index in [-0.39, 0.29) is 5.91 Å². The fourth-order valence-corrected chi connectivity index (χ4v) is 1.18. The molecule has 1 aliphatic heterocycles. The number of aliphatic hydroxyl groups excluding tert-OH is 1. The van der Waals surface area contributed by atoms with Crippen molar-refractivity contribution in [1.82, 2.24) is 10.2 Å². The summed E-state index contributed by atoms with van der Waals surface area (Å²) in [5, 5.41) is 11.2. The number of likely N-dealkylation sites (tertiary alicyclic amines) is 1. The van der Waals surface area contributed by atoms with Gasteiger partial charge in [-0.1, -0.05) is 0 Å². The average molecular weight is 187 g/mol. The standard InChI is InChI=1S/C7H13N3O3/c1-4(9-7(8)13)6(12)10-2-5(11)3-10/h4-5,11H,2-3H2,1H3,(H3,8,9,13). The Kier molecular flexibility index (Phi) is 2.72. The molecule has 0 aromatic carbocycles. The summed E-state index contributed by atoms with van der Waals surface area (Å²) in [4.78, 5) is 23.2. The van der Waals surface area contributed by atoms with E-state index >= 15 is 0 Å². The highest BCUT2D eigenvalue weighted by Gasteiger charge is 2.31. The predicted octanol–water partition coefficient (Wildman–Crippen LogP) is -1.75. The van der Waals surface area contributed by atoms with Crippen LogP contribution in [0.25, 0.3) is 0 Å². The molecule has 0 aliphatic carbocycles. The van der Waals surface area contributed by atoms with E-state index in [4.69, 9.17) is 10.8 Å². The van der Waals surface area contributed by atoms with Gasteiger partial charge in [0.05, 0.1) is 6.10 Å². The quantitative estimate of drug-likeness (QED) is 0.478. The van der Waals surface area contributed by atoms with Crippen molar-refractivity contribution in [2.45, 2.75) is 19.1 Å². The topological polar surface area (TPSA) is 95.7 Å². The Morgan fingerprint density at radius 2 is 2.15 bits per heavy atom. The van der Waals surface area contributed by atoms with Crippen LogP contribution >= 0.6 is 0 Å². The third-order valence-corrected chi connectivity index (χ3v) is 1.90. The lowest BCUT2D eigenvalue weighted by Crippen LogP contribution is -2.58. The van der Waals surface area contributed by atoms with Crippen molar-refractivity contribution in [2.75, 3.05) is 13.1 Å². The van der Waals surface area contributed by atoms with Crippen molar-refractivity contribution in [3.8, 4) is 0 Å². The lowest BCUT2D eigenvalue weighted by Gasteiger charge is -2.37. The number of hydrogen-bond donors (Lipinski definition) is 3. The molecule has 0 aromatic rings. The summed E-state index contributed by atoms with van der Waals surface area (Å²) >= 11 is 0. The number of urea groups is 1. The van der Waals surface area contributed by atoms with Gasteiger partial charge in [-0.05, 0) is 6.92 Å². The van der Waals surface area contributed by atoms with Gasteiger partial charge >= 0.3 is 6.03 Å². The largest absolute Gasteiger partial charge is 0.389 e. The number of nitrogens with two attached hydrogens (primary N) is 1. The zero-order valence-corrected chi connectivity index (χ0v) is 7.36. The van der Waals surface area contributed by atoms with Crippen LogP contribution in [0.15, 0.2) is 0 Å². The molecule has 4 N–H and O–H groups in total. The van der Waals surface area contributed by atoms with Gasteiger partial charge in [-0.25, -0.2) is 4.79 Å². The zero-order valence-electron chi connectivity index (χ0n) is 7.36. The molecule has 1 rings (SSSR count). The van der Waals surface area contributed by atoms with Crippen LogP contribution in [0.4, 0.5) is 4.79 Å². The molecule has 6 heteroatoms. The minimum absolute atomic E-state index is 0.218. The lowest BCUT2D eigenvalue weighted by molar-refractivity contribution is -0.142. The van der Waals surface area contributed by atoms with Crippen molar-refractivity contribution in [3.63, 3.8) is 0 Å². The number of nitrogens with zero attached hydrogens (tertiary/aromatic N) is 1. The van der Waals surface area contributed by atoms with E-state index in [1.807, 2.05) is 0 Å². The predicted molar refractivity (Wildman–Crippen MR) is 44.8 cm³/mol. The molecular weight excluding hydrogens is 174 g/mol. The van der Waals surface area contributed by atoms with E-state index in [0.717, 1.165) is 0 Å². The van der Waals surface area contributed by atoms with Gasteiger partial charge in [0.25, 0.3) is 0 Å². The van der Waals surface area contributed by atoms with Crippen LogP contribution < -0.4 is 11.1 Å². The SMILES string of the molecule is CC(NC(N)=O)C(=O)N1CC(O)C1. The van der Waals surface area contributed by atoms with Crippen molar-refractivity contribution < 1.29 is 14.7 Å². The van der Waals surface area contributed by atoms with Crippen LogP contribution in [0.1, 0.15) is 6.92 Å². The normalized spacial score (nSPS) is 19.1. The van der Waals surface area contributed by atoms with E-state index < -0.39 is 18.2 Å². The monoisotopic (exact) mass is 187 g/mol. The van der Waals surface area contributed by atoms with Gasteiger partial charge in [0, 0.05) is 13.1 Å². The highest BCUT2D eigenvalue weighted by Crippen LogP contribution is 2.08. The molecule has 0 spiro atoms. The molecule has 0 saturated carbocycles. The maximum atomic E-state index is 11.4. The Balaban J connectivity index is 2.35. The second kappa shape index (κ2) is 3.61. The Bertz CT molecular complexity index is 225. The summed E-state index contributed by atoms with van der Waals surface area (Å²) in [6, 6.07) is -1.34. The van der Waals surface area contributed by atoms with Gasteiger partial charge in [-0.3, -0.25) is 4.79 Å². The third kappa shape index (κ3) is 2.32. The van der Waals surface area contributed by atoms with E-state index in [1.165, 1.54) is 4.90 Å². The number of rotatable bonds is 2. The van der Waals surface area contributed by atoms with Crippen LogP contribution in [0.2, 0.25) is 0 Å². The van der Waals surface area contributed by atoms with Gasteiger partial charge in [-0.2, -0.15) is 0 Å². The number of nitrogens with one attached hydrogen (secondary N) is 1. The van der Waals surface area contributed by atoms with Crippen LogP contribution in [0.3, 0.4) is 0 Å². The maximum Gasteiger partial charge on any atom is 0.312 e. The number of aliphatic hydroxyl groups is 1. The number of primary amides is 1. The molecule has 0 aromatic heterocycles. The molecule has 1 aliphatic rings. The zero-order chi connectivity index (χ0) is 10.0. The van der Waals surface area contributed by atoms with Crippen molar-refractivity contribution in [3.05, 3.63) is 0 Å². The van der Waals surface area contributed by atoms with Crippen molar-refractivity contribution in [1.29, 1.82) is 0 Å². The summed E-state index contributed by atoms with van der Waals surface area (Å²) in [5.74, 6) is -0.218. The van der Waals surface area contributed by atoms with Gasteiger partial charge in [0.15, 0.2) is 0 Å². The van der Waals surface area contributed by atoms with E-state index in [2.05, 4.69) is 5.32 Å². The molecule has 74 valence electrons. The fourth-order valence-electron chi connectivity index (χ4n) is 1.18. The second-order valence-corrected chi connectivity index (χ2v) is 3.13. The minimum atomic E-state index is -0.720. The molecule has 0 bridgehead atoms. The van der Waals surface area contributed by atoms with Crippen LogP contribution in [0, 0.1) is 0 Å². The third-order valence-electron chi connectivity index (χ3n) is 1.90. The molecule has 3 amide bonds. The summed E-state index contributed by atoms with van der Waals surface area (Å²) in [6.07, 6.45) is -0.426. The highest BCUT2D eigenvalue weighted by molar-refractivity contribution is 5.86. The molecule has 1 saturated heterocycles. The summed E-state index contributed by atoms with van der Waals surface area (Å²) in [5.41, 5.74) is 4.85. The highest BCUT2D eigenvalue weighted by atomic mass is 16.3. The first-order chi connectivity index (χ1) is 6.00. The fraction of sp³-hybridized carbons (Fsp3) is 0.714. The van der Waals surface area contributed by atoms with Crippen LogP contribution in [0.5, 0.6) is 0 Å². The molecule has 13 heavy (non-hydrogen) atoms. The van der Waals surface area contributed by atoms with Crippen molar-refractivity contribution in [2.24, 2.45) is 5.73 Å². The first-order valence-corrected chi connectivity index (χ1v) is 4.03. The van der Waals surface area contributed by atoms with E-state index in [9.17, 15) is 9.59 Å². The molecular formula is C7H13N3O3. The Morgan fingerprint density at radius 3 is 2.54 bits per heavy atom. The Morgan fingerprint density at radius 1 is 1.62 bits per heavy atom. The average Bonchev–Trinajstić information content (AvgIpc) is 1.96. The number of carbonyl (C=O) groups excluding carboxylic acids is 2. The number of carbonyl (C=O) groups is 2. The maximum absolute atomic E-state index is 11.4. The Hall–Kier alpha value is -1.30. The second-order valence-electron chi connectivity index (χ2n) is 3.13. The van der Waals surface area contributed by atoms with E-state index in [0.29, 0.717) is 13.1 Å². The molecule has 6 nitrogen and oxygen atoms in total. The molecule has 1 heterocycles. The molecule has 1 unspecified atom stereocenters. The lowest BCUT2D eigenvalue weighted by atomic mass is 10.1. The van der Waals surface area contributed by atoms with Gasteiger partial charge in [0.1, 0.15) is 6.04 Å². The smallest absolute Gasteiger partial charge is 0.312 e. The van der Waals surface area contributed by atoms with E-state index in [1.54, 1.807) is 6.92 Å². The number of β-amino-alcohol motifs (C(OH)–C–C–N with tert-alkyl or cyclic N) is 1. The Labute approximate surface area is 75.7 Å². The molecule has 1 atom stereocenters. The van der Waals surface area contributed by atoms with Gasteiger partial charge in [0.2, 0.25) is 5.91 Å². The van der Waals surface area contributed by atoms with Crippen molar-refractivity contribution >= 4 is 11.9 Å². The summed E-state index contributed by atoms with van der Waals surface area (Å²) in [6.45, 7) is 2.23. The molecule has 0 radical (unpaired) electrons. The number of hydrogen-bond acceptors (Lipinski definition) is 3. The van der Waals surface area contributed by atoms with Gasteiger partial charge < -0.3 is 21.1 Å². The van der Waals surface area contributed by atoms with Gasteiger partial charge in [-0.15, -0.1) is 0 Å². The molecule has 1 fully saturated rings. The number of amides is 3. The minimum Gasteiger partial charge on any atom is -0.389 e. The summed E-state index contributed by atoms with van der Waals surface area (Å²) in [7, 11) is 0.